The smallest absolute Gasteiger partial charge is 0.338 e. The zero-order valence-corrected chi connectivity index (χ0v) is 34.1. The molecule has 3 rings (SSSR count). The Morgan fingerprint density at radius 1 is 0.694 bits per heavy atom. The molecular formula is C35H56N6O5Si3. The van der Waals surface area contributed by atoms with Gasteiger partial charge in [-0.15, -0.1) is 0 Å². The number of hydrogen-bond acceptors (Lipinski definition) is 11. The lowest BCUT2D eigenvalue weighted by Gasteiger charge is -2.26. The van der Waals surface area contributed by atoms with E-state index in [9.17, 15) is 9.59 Å². The predicted octanol–water partition coefficient (Wildman–Crippen LogP) is 7.85. The number of ether oxygens (including phenoxy) is 2. The Labute approximate surface area is 296 Å². The highest BCUT2D eigenvalue weighted by atomic mass is 28.4. The normalized spacial score (nSPS) is 12.2. The van der Waals surface area contributed by atoms with E-state index in [2.05, 4.69) is 63.6 Å². The van der Waals surface area contributed by atoms with Gasteiger partial charge in [-0.05, 0) is 98.5 Å². The van der Waals surface area contributed by atoms with Crippen molar-refractivity contribution >= 4 is 67.3 Å². The molecule has 1 atom stereocenters. The minimum Gasteiger partial charge on any atom is -0.462 e. The summed E-state index contributed by atoms with van der Waals surface area (Å²) in [6.45, 7) is 21.1. The number of nitrogens with zero attached hydrogens (tertiary/aromatic N) is 3. The van der Waals surface area contributed by atoms with E-state index < -0.39 is 26.2 Å². The number of esters is 2. The summed E-state index contributed by atoms with van der Waals surface area (Å²) in [5.74, 6) is 0.907. The molecule has 0 aliphatic carbocycles. The number of nitrogens with one attached hydrogen (secondary N) is 3. The number of anilines is 5. The Balaban J connectivity index is 1.75. The summed E-state index contributed by atoms with van der Waals surface area (Å²) in [6.07, 6.45) is 0.973. The average Bonchev–Trinajstić information content (AvgIpc) is 3.03. The van der Waals surface area contributed by atoms with E-state index in [1.807, 2.05) is 27.7 Å². The molecular weight excluding hydrogens is 669 g/mol. The van der Waals surface area contributed by atoms with Crippen molar-refractivity contribution in [1.82, 2.24) is 15.0 Å². The van der Waals surface area contributed by atoms with Crippen LogP contribution in [0.25, 0.3) is 0 Å². The van der Waals surface area contributed by atoms with Crippen LogP contribution >= 0.6 is 0 Å². The third-order valence-corrected chi connectivity index (χ3v) is 15.4. The van der Waals surface area contributed by atoms with Gasteiger partial charge in [0.25, 0.3) is 0 Å². The molecule has 1 aromatic heterocycles. The molecule has 268 valence electrons. The maximum absolute atomic E-state index is 12.4. The van der Waals surface area contributed by atoms with E-state index in [1.54, 1.807) is 48.5 Å². The maximum Gasteiger partial charge on any atom is 0.338 e. The Hall–Kier alpha value is -3.60. The standard InChI is InChI=1S/C35H56N6O5Si3/c1-25(2)23-44-31(42)27-11-15-29(16-12-27)37-34-39-33(36-19-10-20-48(22-21-47(5)6)46-49(7,8)9)40-35(41-34)38-30-17-13-28(14-18-30)32(43)45-24-26(3)4/h11-18,25-26,47-48H,10,19-24H2,1-9H3,(H3,36,37,38,39,40,41). The first-order valence-electron chi connectivity index (χ1n) is 17.4. The third-order valence-electron chi connectivity index (χ3n) is 7.06. The largest absolute Gasteiger partial charge is 0.462 e. The second-order valence-electron chi connectivity index (χ2n) is 14.6. The summed E-state index contributed by atoms with van der Waals surface area (Å²) in [4.78, 5) is 38.6. The average molecular weight is 725 g/mol. The lowest BCUT2D eigenvalue weighted by atomic mass is 10.2. The fourth-order valence-corrected chi connectivity index (χ4v) is 14.7. The molecule has 0 radical (unpaired) electrons. The van der Waals surface area contributed by atoms with Crippen molar-refractivity contribution in [3.63, 3.8) is 0 Å². The second kappa shape index (κ2) is 19.6. The van der Waals surface area contributed by atoms with Gasteiger partial charge < -0.3 is 29.5 Å². The lowest BCUT2D eigenvalue weighted by molar-refractivity contribution is 0.0450. The fraction of sp³-hybridized carbons (Fsp3) is 0.514. The molecule has 14 heteroatoms. The van der Waals surface area contributed by atoms with Gasteiger partial charge >= 0.3 is 11.9 Å². The van der Waals surface area contributed by atoms with Crippen molar-refractivity contribution in [3.8, 4) is 0 Å². The molecule has 0 saturated heterocycles. The quantitative estimate of drug-likeness (QED) is 0.0597. The lowest BCUT2D eigenvalue weighted by Crippen LogP contribution is -2.35. The number of carbonyl (C=O) groups is 2. The molecule has 0 fully saturated rings. The van der Waals surface area contributed by atoms with Crippen LogP contribution in [0.5, 0.6) is 0 Å². The molecule has 0 aliphatic rings. The molecule has 11 nitrogen and oxygen atoms in total. The fourth-order valence-electron chi connectivity index (χ4n) is 4.67. The van der Waals surface area contributed by atoms with Crippen LogP contribution in [0.4, 0.5) is 29.2 Å². The highest BCUT2D eigenvalue weighted by molar-refractivity contribution is 6.77. The van der Waals surface area contributed by atoms with Crippen LogP contribution in [0.2, 0.25) is 50.9 Å². The van der Waals surface area contributed by atoms with Crippen LogP contribution in [0.1, 0.15) is 54.8 Å². The van der Waals surface area contributed by atoms with Crippen LogP contribution in [-0.4, -0.2) is 72.8 Å². The Bertz CT molecular complexity index is 1380. The number of benzene rings is 2. The topological polar surface area (TPSA) is 137 Å². The molecule has 2 aromatic carbocycles. The minimum atomic E-state index is -1.59. The molecule has 3 N–H and O–H groups in total. The molecule has 0 bridgehead atoms. The van der Waals surface area contributed by atoms with Gasteiger partial charge in [-0.1, -0.05) is 46.8 Å². The zero-order valence-electron chi connectivity index (χ0n) is 30.8. The van der Waals surface area contributed by atoms with E-state index in [0.717, 1.165) is 12.5 Å². The van der Waals surface area contributed by atoms with Crippen LogP contribution < -0.4 is 16.0 Å². The van der Waals surface area contributed by atoms with Gasteiger partial charge in [-0.2, -0.15) is 15.0 Å². The highest BCUT2D eigenvalue weighted by Gasteiger charge is 2.22. The second-order valence-corrected chi connectivity index (χ2v) is 25.5. The first kappa shape index (κ1) is 39.8. The molecule has 0 amide bonds. The van der Waals surface area contributed by atoms with Crippen molar-refractivity contribution < 1.29 is 23.2 Å². The highest BCUT2D eigenvalue weighted by Crippen LogP contribution is 2.21. The van der Waals surface area contributed by atoms with Gasteiger partial charge in [0.2, 0.25) is 17.8 Å². The summed E-state index contributed by atoms with van der Waals surface area (Å²) in [7, 11) is -3.49. The molecule has 49 heavy (non-hydrogen) atoms. The van der Waals surface area contributed by atoms with E-state index in [0.29, 0.717) is 60.1 Å². The van der Waals surface area contributed by atoms with Crippen LogP contribution in [-0.2, 0) is 13.6 Å². The Kier molecular flexibility index (Phi) is 15.9. The van der Waals surface area contributed by atoms with Crippen LogP contribution in [0.15, 0.2) is 48.5 Å². The van der Waals surface area contributed by atoms with E-state index in [-0.39, 0.29) is 23.8 Å². The maximum atomic E-state index is 12.4. The predicted molar refractivity (Wildman–Crippen MR) is 208 cm³/mol. The summed E-state index contributed by atoms with van der Waals surface area (Å²) in [6, 6.07) is 17.7. The molecule has 0 saturated carbocycles. The molecule has 3 aromatic rings. The van der Waals surface area contributed by atoms with Crippen LogP contribution in [0.3, 0.4) is 0 Å². The van der Waals surface area contributed by atoms with E-state index in [1.165, 1.54) is 12.1 Å². The van der Waals surface area contributed by atoms with Gasteiger partial charge in [0, 0.05) is 26.7 Å². The molecule has 1 heterocycles. The first-order valence-corrected chi connectivity index (χ1v) is 26.1. The number of carbonyl (C=O) groups excluding carboxylic acids is 2. The van der Waals surface area contributed by atoms with E-state index >= 15 is 0 Å². The Morgan fingerprint density at radius 2 is 1.14 bits per heavy atom. The van der Waals surface area contributed by atoms with Crippen molar-refractivity contribution in [2.45, 2.75) is 85.0 Å². The van der Waals surface area contributed by atoms with Gasteiger partial charge in [0.1, 0.15) is 0 Å². The van der Waals surface area contributed by atoms with Gasteiger partial charge in [-0.3, -0.25) is 0 Å². The summed E-state index contributed by atoms with van der Waals surface area (Å²) in [5.41, 5.74) is 2.36. The van der Waals surface area contributed by atoms with Crippen molar-refractivity contribution in [2.75, 3.05) is 35.7 Å². The number of aromatic nitrogens is 3. The SMILES string of the molecule is CC(C)COC(=O)c1ccc(Nc2nc(NCCC[SiH](CC[SiH](C)C)O[Si](C)(C)C)nc(Nc3ccc(C(=O)OCC(C)C)cc3)n2)cc1. The monoisotopic (exact) mass is 724 g/mol. The summed E-state index contributed by atoms with van der Waals surface area (Å²) < 4.78 is 17.4. The van der Waals surface area contributed by atoms with Gasteiger partial charge in [-0.25, -0.2) is 9.59 Å². The minimum absolute atomic E-state index is 0.261. The van der Waals surface area contributed by atoms with Crippen molar-refractivity contribution in [1.29, 1.82) is 0 Å². The van der Waals surface area contributed by atoms with Gasteiger partial charge in [0.05, 0.1) is 24.3 Å². The van der Waals surface area contributed by atoms with E-state index in [4.69, 9.17) is 13.6 Å². The van der Waals surface area contributed by atoms with Crippen molar-refractivity contribution in [2.24, 2.45) is 11.8 Å². The van der Waals surface area contributed by atoms with Gasteiger partial charge in [0.15, 0.2) is 17.4 Å². The molecule has 1 unspecified atom stereocenters. The zero-order chi connectivity index (χ0) is 36.0. The summed E-state index contributed by atoms with van der Waals surface area (Å²) >= 11 is 0. The summed E-state index contributed by atoms with van der Waals surface area (Å²) in [5, 5.41) is 9.87. The number of rotatable bonds is 20. The van der Waals surface area contributed by atoms with Crippen LogP contribution in [0, 0.1) is 11.8 Å². The first-order chi connectivity index (χ1) is 23.2. The molecule has 0 aliphatic heterocycles. The third kappa shape index (κ3) is 15.7. The molecule has 0 spiro atoms. The Morgan fingerprint density at radius 3 is 1.55 bits per heavy atom. The van der Waals surface area contributed by atoms with Crippen molar-refractivity contribution in [3.05, 3.63) is 59.7 Å². The number of hydrogen-bond donors (Lipinski definition) is 3.